The number of hydrogen-bond acceptors (Lipinski definition) is 3. The van der Waals surface area contributed by atoms with Crippen LogP contribution in [0.5, 0.6) is 0 Å². The SMILES string of the molecule is CO[C@@](C)(CNC(=O)Cc1ccsc1)c1ccccc1F. The summed E-state index contributed by atoms with van der Waals surface area (Å²) in [5, 5.41) is 6.68. The summed E-state index contributed by atoms with van der Waals surface area (Å²) in [5.74, 6) is -0.443. The van der Waals surface area contributed by atoms with Crippen LogP contribution in [0.4, 0.5) is 4.39 Å². The zero-order chi connectivity index (χ0) is 15.3. The van der Waals surface area contributed by atoms with Crippen LogP contribution < -0.4 is 5.32 Å². The monoisotopic (exact) mass is 307 g/mol. The Kier molecular flexibility index (Phi) is 5.09. The van der Waals surface area contributed by atoms with E-state index in [1.165, 1.54) is 13.2 Å². The van der Waals surface area contributed by atoms with E-state index in [2.05, 4.69) is 5.32 Å². The largest absolute Gasteiger partial charge is 0.372 e. The molecule has 1 aromatic carbocycles. The molecular weight excluding hydrogens is 289 g/mol. The molecular formula is C16H18FNO2S. The van der Waals surface area contributed by atoms with E-state index in [-0.39, 0.29) is 18.3 Å². The summed E-state index contributed by atoms with van der Waals surface area (Å²) in [7, 11) is 1.51. The molecule has 0 spiro atoms. The average Bonchev–Trinajstić information content (AvgIpc) is 2.98. The van der Waals surface area contributed by atoms with Crippen LogP contribution in [-0.2, 0) is 21.6 Å². The summed E-state index contributed by atoms with van der Waals surface area (Å²) in [4.78, 5) is 11.9. The van der Waals surface area contributed by atoms with Crippen LogP contribution in [0.15, 0.2) is 41.1 Å². The van der Waals surface area contributed by atoms with Gasteiger partial charge in [-0.1, -0.05) is 18.2 Å². The van der Waals surface area contributed by atoms with Crippen LogP contribution in [0.25, 0.3) is 0 Å². The fourth-order valence-electron chi connectivity index (χ4n) is 2.08. The molecule has 0 unspecified atom stereocenters. The molecule has 1 amide bonds. The minimum atomic E-state index is -0.893. The molecule has 1 N–H and O–H groups in total. The Labute approximate surface area is 127 Å². The highest BCUT2D eigenvalue weighted by Gasteiger charge is 2.29. The highest BCUT2D eigenvalue weighted by molar-refractivity contribution is 7.07. The predicted octanol–water partition coefficient (Wildman–Crippen LogP) is 3.11. The molecule has 1 aromatic heterocycles. The zero-order valence-electron chi connectivity index (χ0n) is 12.1. The predicted molar refractivity (Wildman–Crippen MR) is 81.8 cm³/mol. The van der Waals surface area contributed by atoms with Gasteiger partial charge in [0.15, 0.2) is 0 Å². The van der Waals surface area contributed by atoms with Gasteiger partial charge in [-0.25, -0.2) is 4.39 Å². The number of thiophene rings is 1. The van der Waals surface area contributed by atoms with Crippen LogP contribution in [0, 0.1) is 5.82 Å². The molecule has 0 bridgehead atoms. The van der Waals surface area contributed by atoms with Crippen LogP contribution >= 0.6 is 11.3 Å². The minimum absolute atomic E-state index is 0.104. The number of carbonyl (C=O) groups excluding carboxylic acids is 1. The first-order valence-electron chi connectivity index (χ1n) is 6.63. The Hall–Kier alpha value is -1.72. The van der Waals surface area contributed by atoms with Crippen LogP contribution in [0.3, 0.4) is 0 Å². The quantitative estimate of drug-likeness (QED) is 0.890. The van der Waals surface area contributed by atoms with Crippen molar-refractivity contribution in [2.24, 2.45) is 0 Å². The maximum atomic E-state index is 13.9. The Morgan fingerprint density at radius 1 is 1.38 bits per heavy atom. The number of benzene rings is 1. The van der Waals surface area contributed by atoms with Gasteiger partial charge in [0.05, 0.1) is 13.0 Å². The summed E-state index contributed by atoms with van der Waals surface area (Å²) in [6, 6.07) is 8.35. The van der Waals surface area contributed by atoms with Gasteiger partial charge in [-0.05, 0) is 35.4 Å². The highest BCUT2D eigenvalue weighted by atomic mass is 32.1. The molecule has 0 saturated carbocycles. The smallest absolute Gasteiger partial charge is 0.224 e. The van der Waals surface area contributed by atoms with Gasteiger partial charge in [0.2, 0.25) is 5.91 Å². The molecule has 112 valence electrons. The summed E-state index contributed by atoms with van der Waals surface area (Å²) in [6.07, 6.45) is 0.320. The molecule has 0 saturated heterocycles. The lowest BCUT2D eigenvalue weighted by atomic mass is 9.95. The fourth-order valence-corrected chi connectivity index (χ4v) is 2.74. The van der Waals surface area contributed by atoms with Crippen molar-refractivity contribution >= 4 is 17.2 Å². The number of amides is 1. The number of rotatable bonds is 6. The molecule has 2 aromatic rings. The fraction of sp³-hybridized carbons (Fsp3) is 0.312. The molecule has 21 heavy (non-hydrogen) atoms. The molecule has 0 aliphatic heterocycles. The molecule has 5 heteroatoms. The third-order valence-corrected chi connectivity index (χ3v) is 4.19. The van der Waals surface area contributed by atoms with Gasteiger partial charge in [-0.3, -0.25) is 4.79 Å². The van der Waals surface area contributed by atoms with E-state index in [0.29, 0.717) is 12.0 Å². The van der Waals surface area contributed by atoms with Gasteiger partial charge in [-0.2, -0.15) is 11.3 Å². The number of carbonyl (C=O) groups is 1. The van der Waals surface area contributed by atoms with Crippen molar-refractivity contribution < 1.29 is 13.9 Å². The lowest BCUT2D eigenvalue weighted by molar-refractivity contribution is -0.122. The lowest BCUT2D eigenvalue weighted by Crippen LogP contribution is -2.41. The maximum absolute atomic E-state index is 13.9. The van der Waals surface area contributed by atoms with Crippen LogP contribution in [0.2, 0.25) is 0 Å². The van der Waals surface area contributed by atoms with Crippen LogP contribution in [-0.4, -0.2) is 19.6 Å². The second-order valence-electron chi connectivity index (χ2n) is 5.00. The van der Waals surface area contributed by atoms with Crippen LogP contribution in [0.1, 0.15) is 18.1 Å². The number of halogens is 1. The van der Waals surface area contributed by atoms with Crippen molar-refractivity contribution in [2.45, 2.75) is 18.9 Å². The first-order chi connectivity index (χ1) is 10.0. The minimum Gasteiger partial charge on any atom is -0.372 e. The number of hydrogen-bond donors (Lipinski definition) is 1. The molecule has 2 rings (SSSR count). The second kappa shape index (κ2) is 6.83. The summed E-state index contributed by atoms with van der Waals surface area (Å²) >= 11 is 1.55. The molecule has 0 fully saturated rings. The highest BCUT2D eigenvalue weighted by Crippen LogP contribution is 2.26. The Morgan fingerprint density at radius 2 is 2.14 bits per heavy atom. The molecule has 3 nitrogen and oxygen atoms in total. The van der Waals surface area contributed by atoms with E-state index in [9.17, 15) is 9.18 Å². The molecule has 1 heterocycles. The van der Waals surface area contributed by atoms with Crippen molar-refractivity contribution in [2.75, 3.05) is 13.7 Å². The van der Waals surface area contributed by atoms with E-state index in [1.54, 1.807) is 36.5 Å². The molecule has 1 atom stereocenters. The first kappa shape index (κ1) is 15.7. The third kappa shape index (κ3) is 3.89. The van der Waals surface area contributed by atoms with E-state index >= 15 is 0 Å². The zero-order valence-corrected chi connectivity index (χ0v) is 12.9. The second-order valence-corrected chi connectivity index (χ2v) is 5.78. The summed E-state index contributed by atoms with van der Waals surface area (Å²) in [6.45, 7) is 1.98. The van der Waals surface area contributed by atoms with Crippen molar-refractivity contribution in [1.29, 1.82) is 0 Å². The van der Waals surface area contributed by atoms with Gasteiger partial charge >= 0.3 is 0 Å². The first-order valence-corrected chi connectivity index (χ1v) is 7.57. The normalized spacial score (nSPS) is 13.7. The van der Waals surface area contributed by atoms with E-state index in [1.807, 2.05) is 16.8 Å². The van der Waals surface area contributed by atoms with Gasteiger partial charge in [0.1, 0.15) is 11.4 Å². The number of ether oxygens (including phenoxy) is 1. The van der Waals surface area contributed by atoms with Crippen molar-refractivity contribution in [3.63, 3.8) is 0 Å². The van der Waals surface area contributed by atoms with E-state index in [0.717, 1.165) is 5.56 Å². The van der Waals surface area contributed by atoms with Crippen molar-refractivity contribution in [3.8, 4) is 0 Å². The Morgan fingerprint density at radius 3 is 2.76 bits per heavy atom. The van der Waals surface area contributed by atoms with Gasteiger partial charge in [-0.15, -0.1) is 0 Å². The summed E-state index contributed by atoms with van der Waals surface area (Å²) in [5.41, 5.74) is 0.515. The van der Waals surface area contributed by atoms with E-state index < -0.39 is 5.60 Å². The van der Waals surface area contributed by atoms with Crippen molar-refractivity contribution in [3.05, 3.63) is 58.0 Å². The van der Waals surface area contributed by atoms with Gasteiger partial charge in [0, 0.05) is 12.7 Å². The summed E-state index contributed by atoms with van der Waals surface area (Å²) < 4.78 is 19.3. The molecule has 0 aliphatic carbocycles. The van der Waals surface area contributed by atoms with Crippen molar-refractivity contribution in [1.82, 2.24) is 5.32 Å². The molecule has 0 aliphatic rings. The van der Waals surface area contributed by atoms with Gasteiger partial charge < -0.3 is 10.1 Å². The molecule has 0 radical (unpaired) electrons. The topological polar surface area (TPSA) is 38.3 Å². The number of methoxy groups -OCH3 is 1. The lowest BCUT2D eigenvalue weighted by Gasteiger charge is -2.29. The van der Waals surface area contributed by atoms with Gasteiger partial charge in [0.25, 0.3) is 0 Å². The maximum Gasteiger partial charge on any atom is 0.224 e. The van der Waals surface area contributed by atoms with E-state index in [4.69, 9.17) is 4.74 Å². The Balaban J connectivity index is 2.02. The number of nitrogens with one attached hydrogen (secondary N) is 1. The standard InChI is InChI=1S/C16H18FNO2S/c1-16(20-2,13-5-3-4-6-14(13)17)11-18-15(19)9-12-7-8-21-10-12/h3-8,10H,9,11H2,1-2H3,(H,18,19)/t16-/m0/s1. The Bertz CT molecular complexity index is 600. The average molecular weight is 307 g/mol. The third-order valence-electron chi connectivity index (χ3n) is 3.46.